The van der Waals surface area contributed by atoms with Crippen molar-refractivity contribution in [1.82, 2.24) is 0 Å². The molecule has 4 aromatic rings. The van der Waals surface area contributed by atoms with Gasteiger partial charge in [0.25, 0.3) is 0 Å². The predicted octanol–water partition coefficient (Wildman–Crippen LogP) is 7.27. The molecule has 1 aliphatic rings. The van der Waals surface area contributed by atoms with Gasteiger partial charge < -0.3 is 9.47 Å². The number of hydrogen-bond acceptors (Lipinski definition) is 3. The van der Waals surface area contributed by atoms with Crippen LogP contribution in [-0.2, 0) is 11.3 Å². The molecule has 2 heterocycles. The monoisotopic (exact) mass is 372 g/mol. The third kappa shape index (κ3) is 2.93. The van der Waals surface area contributed by atoms with Gasteiger partial charge in [-0.15, -0.1) is 11.3 Å². The van der Waals surface area contributed by atoms with Crippen molar-refractivity contribution in [2.24, 2.45) is 0 Å². The Labute approximate surface area is 163 Å². The van der Waals surface area contributed by atoms with Crippen molar-refractivity contribution in [2.45, 2.75) is 20.0 Å². The number of rotatable bonds is 4. The lowest BCUT2D eigenvalue weighted by Crippen LogP contribution is -1.91. The molecule has 1 aliphatic heterocycles. The van der Waals surface area contributed by atoms with E-state index in [0.29, 0.717) is 6.61 Å². The van der Waals surface area contributed by atoms with Crippen LogP contribution in [0.25, 0.3) is 32.3 Å². The summed E-state index contributed by atoms with van der Waals surface area (Å²) < 4.78 is 12.2. The maximum absolute atomic E-state index is 6.37. The summed E-state index contributed by atoms with van der Waals surface area (Å²) in [6, 6.07) is 23.4. The summed E-state index contributed by atoms with van der Waals surface area (Å²) in [6.45, 7) is 3.60. The quantitative estimate of drug-likeness (QED) is 0.309. The first-order chi connectivity index (χ1) is 13.3. The van der Waals surface area contributed by atoms with E-state index in [-0.39, 0.29) is 0 Å². The van der Waals surface area contributed by atoms with Crippen molar-refractivity contribution in [3.63, 3.8) is 0 Å². The van der Waals surface area contributed by atoms with Crippen molar-refractivity contribution in [3.05, 3.63) is 71.6 Å². The highest BCUT2D eigenvalue weighted by atomic mass is 32.1. The predicted molar refractivity (Wildman–Crippen MR) is 113 cm³/mol. The van der Waals surface area contributed by atoms with Crippen molar-refractivity contribution < 1.29 is 9.47 Å². The number of para-hydroxylation sites is 1. The number of fused-ring (bicyclic) bond motifs is 6. The third-order valence-electron chi connectivity index (χ3n) is 4.87. The van der Waals surface area contributed by atoms with Gasteiger partial charge in [-0.2, -0.15) is 0 Å². The Morgan fingerprint density at radius 3 is 2.44 bits per heavy atom. The van der Waals surface area contributed by atoms with Crippen molar-refractivity contribution in [3.8, 4) is 33.1 Å². The van der Waals surface area contributed by atoms with Crippen LogP contribution < -0.4 is 4.74 Å². The molecule has 1 aromatic heterocycles. The summed E-state index contributed by atoms with van der Waals surface area (Å²) >= 11 is 1.81. The molecule has 2 nitrogen and oxygen atoms in total. The van der Waals surface area contributed by atoms with Crippen molar-refractivity contribution >= 4 is 22.1 Å². The molecular weight excluding hydrogens is 352 g/mol. The topological polar surface area (TPSA) is 18.5 Å². The van der Waals surface area contributed by atoms with Crippen LogP contribution >= 0.6 is 11.3 Å². The number of thiophene rings is 1. The molecule has 0 amide bonds. The lowest BCUT2D eigenvalue weighted by atomic mass is 10.0. The van der Waals surface area contributed by atoms with Crippen LogP contribution in [0.2, 0.25) is 0 Å². The van der Waals surface area contributed by atoms with E-state index in [1.807, 2.05) is 23.5 Å². The van der Waals surface area contributed by atoms with Gasteiger partial charge in [-0.05, 0) is 41.5 Å². The molecule has 0 spiro atoms. The zero-order valence-corrected chi connectivity index (χ0v) is 16.0. The fraction of sp³-hybridized carbons (Fsp3) is 0.167. The molecule has 0 fully saturated rings. The average Bonchev–Trinajstić information content (AvgIpc) is 3.07. The van der Waals surface area contributed by atoms with E-state index in [1.165, 1.54) is 26.1 Å². The fourth-order valence-corrected chi connectivity index (χ4v) is 4.74. The normalized spacial score (nSPS) is 12.0. The lowest BCUT2D eigenvalue weighted by Gasteiger charge is -2.10. The standard InChI is InChI=1S/C24H20O2S/c1-2-11-25-15-18-14-20-19-9-5-6-10-22(19)26-23-13-17-8-4-3-7-16(17)12-21(23)24(20)27-18/h3-10,12-14H,2,11,15H2,1H3. The highest BCUT2D eigenvalue weighted by Gasteiger charge is 2.23. The maximum atomic E-state index is 6.37. The molecule has 0 saturated heterocycles. The average molecular weight is 372 g/mol. The van der Waals surface area contributed by atoms with Gasteiger partial charge >= 0.3 is 0 Å². The Morgan fingerprint density at radius 1 is 0.815 bits per heavy atom. The van der Waals surface area contributed by atoms with E-state index in [0.717, 1.165) is 35.7 Å². The number of benzene rings is 3. The molecule has 5 rings (SSSR count). The van der Waals surface area contributed by atoms with Gasteiger partial charge in [-0.25, -0.2) is 0 Å². The Morgan fingerprint density at radius 2 is 1.59 bits per heavy atom. The van der Waals surface area contributed by atoms with Crippen LogP contribution in [-0.4, -0.2) is 6.61 Å². The first-order valence-corrected chi connectivity index (χ1v) is 10.2. The van der Waals surface area contributed by atoms with Crippen LogP contribution in [0.4, 0.5) is 0 Å². The van der Waals surface area contributed by atoms with E-state index in [2.05, 4.69) is 61.5 Å². The number of hydrogen-bond donors (Lipinski definition) is 0. The van der Waals surface area contributed by atoms with Gasteiger partial charge in [0.2, 0.25) is 0 Å². The highest BCUT2D eigenvalue weighted by Crippen LogP contribution is 2.51. The van der Waals surface area contributed by atoms with Crippen LogP contribution in [0.5, 0.6) is 11.5 Å². The molecule has 0 aliphatic carbocycles. The Hall–Kier alpha value is -2.62. The van der Waals surface area contributed by atoms with E-state index < -0.39 is 0 Å². The SMILES string of the molecule is CCCOCc1cc2c(s1)-c1cc3ccccc3cc1Oc1ccccc1-2. The first-order valence-electron chi connectivity index (χ1n) is 9.34. The van der Waals surface area contributed by atoms with E-state index in [4.69, 9.17) is 9.47 Å². The summed E-state index contributed by atoms with van der Waals surface area (Å²) in [4.78, 5) is 2.51. The molecule has 3 aromatic carbocycles. The summed E-state index contributed by atoms with van der Waals surface area (Å²) in [7, 11) is 0. The maximum Gasteiger partial charge on any atom is 0.136 e. The molecule has 0 bridgehead atoms. The molecule has 0 saturated carbocycles. The zero-order chi connectivity index (χ0) is 18.2. The second-order valence-corrected chi connectivity index (χ2v) is 7.94. The molecule has 27 heavy (non-hydrogen) atoms. The van der Waals surface area contributed by atoms with Crippen molar-refractivity contribution in [2.75, 3.05) is 6.61 Å². The Bertz CT molecular complexity index is 1130. The third-order valence-corrected chi connectivity index (χ3v) is 6.01. The van der Waals surface area contributed by atoms with E-state index in [9.17, 15) is 0 Å². The second kappa shape index (κ2) is 6.84. The van der Waals surface area contributed by atoms with Crippen molar-refractivity contribution in [1.29, 1.82) is 0 Å². The summed E-state index contributed by atoms with van der Waals surface area (Å²) in [5.41, 5.74) is 3.54. The van der Waals surface area contributed by atoms with Gasteiger partial charge in [-0.1, -0.05) is 49.4 Å². The van der Waals surface area contributed by atoms with Crippen LogP contribution in [0.15, 0.2) is 66.7 Å². The molecule has 0 atom stereocenters. The van der Waals surface area contributed by atoms with Crippen LogP contribution in [0.1, 0.15) is 18.2 Å². The van der Waals surface area contributed by atoms with Gasteiger partial charge in [0.05, 0.1) is 6.61 Å². The smallest absolute Gasteiger partial charge is 0.136 e. The fourth-order valence-electron chi connectivity index (χ4n) is 3.61. The largest absolute Gasteiger partial charge is 0.456 e. The summed E-state index contributed by atoms with van der Waals surface area (Å²) in [5.74, 6) is 1.83. The molecule has 0 unspecified atom stereocenters. The zero-order valence-electron chi connectivity index (χ0n) is 15.2. The first kappa shape index (κ1) is 16.5. The Kier molecular flexibility index (Phi) is 4.19. The minimum absolute atomic E-state index is 0.664. The molecular formula is C24H20O2S. The Balaban J connectivity index is 1.72. The van der Waals surface area contributed by atoms with Gasteiger partial charge in [0.15, 0.2) is 0 Å². The highest BCUT2D eigenvalue weighted by molar-refractivity contribution is 7.16. The molecule has 0 radical (unpaired) electrons. The van der Waals surface area contributed by atoms with E-state index in [1.54, 1.807) is 0 Å². The van der Waals surface area contributed by atoms with Crippen LogP contribution in [0, 0.1) is 0 Å². The van der Waals surface area contributed by atoms with Gasteiger partial charge in [0.1, 0.15) is 11.5 Å². The van der Waals surface area contributed by atoms with E-state index >= 15 is 0 Å². The molecule has 3 heteroatoms. The molecule has 0 N–H and O–H groups in total. The van der Waals surface area contributed by atoms with Gasteiger partial charge in [-0.3, -0.25) is 0 Å². The summed E-state index contributed by atoms with van der Waals surface area (Å²) in [5, 5.41) is 2.43. The van der Waals surface area contributed by atoms with Crippen LogP contribution in [0.3, 0.4) is 0 Å². The minimum Gasteiger partial charge on any atom is -0.456 e. The second-order valence-electron chi connectivity index (χ2n) is 6.80. The summed E-state index contributed by atoms with van der Waals surface area (Å²) in [6.07, 6.45) is 1.04. The molecule has 134 valence electrons. The lowest BCUT2D eigenvalue weighted by molar-refractivity contribution is 0.123. The van der Waals surface area contributed by atoms with Gasteiger partial charge in [0, 0.05) is 33.1 Å². The minimum atomic E-state index is 0.664. The number of ether oxygens (including phenoxy) is 2.